The second kappa shape index (κ2) is 6.25. The largest absolute Gasteiger partial charge is 0.465 e. The molecule has 1 fully saturated rings. The predicted octanol–water partition coefficient (Wildman–Crippen LogP) is 0.306. The van der Waals surface area contributed by atoms with Crippen LogP contribution in [0.15, 0.2) is 24.3 Å². The molecule has 4 amide bonds. The van der Waals surface area contributed by atoms with E-state index in [4.69, 9.17) is 0 Å². The van der Waals surface area contributed by atoms with Crippen molar-refractivity contribution < 1.29 is 23.9 Å². The first kappa shape index (κ1) is 15.5. The van der Waals surface area contributed by atoms with Crippen LogP contribution in [0, 0.1) is 0 Å². The van der Waals surface area contributed by atoms with Gasteiger partial charge in [-0.15, -0.1) is 0 Å². The van der Waals surface area contributed by atoms with Crippen LogP contribution in [0.3, 0.4) is 0 Å². The number of esters is 1. The number of anilines is 1. The summed E-state index contributed by atoms with van der Waals surface area (Å²) in [6, 6.07) is 5.78. The van der Waals surface area contributed by atoms with Crippen molar-refractivity contribution in [3.63, 3.8) is 0 Å². The molecule has 0 spiro atoms. The Hall–Kier alpha value is -2.90. The first-order valence-electron chi connectivity index (χ1n) is 6.46. The number of rotatable bonds is 4. The molecule has 2 rings (SSSR count). The summed E-state index contributed by atoms with van der Waals surface area (Å²) < 4.78 is 4.62. The molecule has 0 bridgehead atoms. The fraction of sp³-hybridized carbons (Fsp3) is 0.286. The van der Waals surface area contributed by atoms with E-state index >= 15 is 0 Å². The van der Waals surface area contributed by atoms with Gasteiger partial charge in [0.15, 0.2) is 0 Å². The summed E-state index contributed by atoms with van der Waals surface area (Å²) in [6.07, 6.45) is 0. The molecule has 8 nitrogen and oxygen atoms in total. The summed E-state index contributed by atoms with van der Waals surface area (Å²) in [5.74, 6) is -1.61. The number of amides is 4. The second-order valence-corrected chi connectivity index (χ2v) is 4.70. The number of carbonyl (C=O) groups excluding carboxylic acids is 4. The number of hydrogen-bond acceptors (Lipinski definition) is 5. The van der Waals surface area contributed by atoms with Gasteiger partial charge < -0.3 is 15.0 Å². The quantitative estimate of drug-likeness (QED) is 0.638. The zero-order valence-electron chi connectivity index (χ0n) is 12.2. The van der Waals surface area contributed by atoms with Gasteiger partial charge in [-0.25, -0.2) is 9.59 Å². The van der Waals surface area contributed by atoms with Crippen molar-refractivity contribution in [2.24, 2.45) is 0 Å². The third-order valence-corrected chi connectivity index (χ3v) is 3.14. The zero-order valence-corrected chi connectivity index (χ0v) is 12.2. The summed E-state index contributed by atoms with van der Waals surface area (Å²) in [5, 5.41) is 2.50. The summed E-state index contributed by atoms with van der Waals surface area (Å²) in [6.45, 7) is -0.456. The Bertz CT molecular complexity index is 643. The molecule has 0 aromatic heterocycles. The number of para-hydroxylation sites is 1. The molecule has 0 radical (unpaired) electrons. The molecule has 1 aliphatic heterocycles. The van der Waals surface area contributed by atoms with E-state index in [1.807, 2.05) is 0 Å². The summed E-state index contributed by atoms with van der Waals surface area (Å²) in [4.78, 5) is 49.0. The lowest BCUT2D eigenvalue weighted by Crippen LogP contribution is -2.38. The SMILES string of the molecule is COC(=O)c1ccccc1NC(=O)CN1C(=O)CN(C)C1=O. The number of carbonyl (C=O) groups is 4. The first-order chi connectivity index (χ1) is 10.4. The van der Waals surface area contributed by atoms with Crippen LogP contribution in [-0.2, 0) is 14.3 Å². The van der Waals surface area contributed by atoms with Crippen molar-refractivity contribution in [2.45, 2.75) is 0 Å². The molecule has 1 saturated heterocycles. The highest BCUT2D eigenvalue weighted by Gasteiger charge is 2.34. The van der Waals surface area contributed by atoms with Gasteiger partial charge in [0.2, 0.25) is 5.91 Å². The lowest BCUT2D eigenvalue weighted by atomic mass is 10.2. The third kappa shape index (κ3) is 3.05. The van der Waals surface area contributed by atoms with Gasteiger partial charge in [-0.3, -0.25) is 14.5 Å². The third-order valence-electron chi connectivity index (χ3n) is 3.14. The maximum atomic E-state index is 12.0. The van der Waals surface area contributed by atoms with Gasteiger partial charge in [0, 0.05) is 7.05 Å². The van der Waals surface area contributed by atoms with E-state index < -0.39 is 30.4 Å². The van der Waals surface area contributed by atoms with Crippen LogP contribution in [0.1, 0.15) is 10.4 Å². The molecule has 1 N–H and O–H groups in total. The molecule has 0 aliphatic carbocycles. The monoisotopic (exact) mass is 305 g/mol. The first-order valence-corrected chi connectivity index (χ1v) is 6.46. The fourth-order valence-electron chi connectivity index (χ4n) is 2.04. The van der Waals surface area contributed by atoms with Crippen LogP contribution in [0.2, 0.25) is 0 Å². The lowest BCUT2D eigenvalue weighted by molar-refractivity contribution is -0.129. The Morgan fingerprint density at radius 1 is 1.27 bits per heavy atom. The Kier molecular flexibility index (Phi) is 4.40. The average molecular weight is 305 g/mol. The molecular formula is C14H15N3O5. The molecular weight excluding hydrogens is 290 g/mol. The van der Waals surface area contributed by atoms with E-state index in [1.54, 1.807) is 12.1 Å². The highest BCUT2D eigenvalue weighted by Crippen LogP contribution is 2.16. The van der Waals surface area contributed by atoms with E-state index in [0.717, 1.165) is 4.90 Å². The number of hydrogen-bond donors (Lipinski definition) is 1. The highest BCUT2D eigenvalue weighted by molar-refractivity contribution is 6.07. The molecule has 8 heteroatoms. The summed E-state index contributed by atoms with van der Waals surface area (Å²) in [7, 11) is 2.71. The van der Waals surface area contributed by atoms with Crippen LogP contribution < -0.4 is 5.32 Å². The van der Waals surface area contributed by atoms with Gasteiger partial charge >= 0.3 is 12.0 Å². The number of ether oxygens (including phenoxy) is 1. The number of nitrogens with zero attached hydrogens (tertiary/aromatic N) is 2. The van der Waals surface area contributed by atoms with Crippen LogP contribution in [0.5, 0.6) is 0 Å². The molecule has 1 aromatic rings. The highest BCUT2D eigenvalue weighted by atomic mass is 16.5. The number of urea groups is 1. The number of imide groups is 1. The molecule has 1 heterocycles. The van der Waals surface area contributed by atoms with Crippen molar-refractivity contribution in [3.05, 3.63) is 29.8 Å². The van der Waals surface area contributed by atoms with Gasteiger partial charge in [0.1, 0.15) is 13.1 Å². The van der Waals surface area contributed by atoms with Gasteiger partial charge in [0.25, 0.3) is 5.91 Å². The molecule has 116 valence electrons. The lowest BCUT2D eigenvalue weighted by Gasteiger charge is -2.14. The minimum absolute atomic E-state index is 0.0507. The van der Waals surface area contributed by atoms with E-state index in [-0.39, 0.29) is 17.8 Å². The Labute approximate surface area is 126 Å². The maximum Gasteiger partial charge on any atom is 0.339 e. The number of benzene rings is 1. The molecule has 1 aromatic carbocycles. The Morgan fingerprint density at radius 3 is 2.55 bits per heavy atom. The summed E-state index contributed by atoms with van der Waals surface area (Å²) in [5.41, 5.74) is 0.446. The fourth-order valence-corrected chi connectivity index (χ4v) is 2.04. The van der Waals surface area contributed by atoms with E-state index in [9.17, 15) is 19.2 Å². The average Bonchev–Trinajstić information content (AvgIpc) is 2.73. The molecule has 1 aliphatic rings. The smallest absolute Gasteiger partial charge is 0.339 e. The maximum absolute atomic E-state index is 12.0. The van der Waals surface area contributed by atoms with Crippen molar-refractivity contribution >= 4 is 29.5 Å². The van der Waals surface area contributed by atoms with Gasteiger partial charge in [-0.2, -0.15) is 0 Å². The molecule has 0 unspecified atom stereocenters. The van der Waals surface area contributed by atoms with E-state index in [0.29, 0.717) is 0 Å². The predicted molar refractivity (Wildman–Crippen MR) is 76.2 cm³/mol. The van der Waals surface area contributed by atoms with Crippen LogP contribution in [0.25, 0.3) is 0 Å². The van der Waals surface area contributed by atoms with Crippen molar-refractivity contribution in [1.29, 1.82) is 0 Å². The summed E-state index contributed by atoms with van der Waals surface area (Å²) >= 11 is 0. The number of methoxy groups -OCH3 is 1. The standard InChI is InChI=1S/C14H15N3O5/c1-16-8-12(19)17(14(16)21)7-11(18)15-10-6-4-3-5-9(10)13(20)22-2/h3-6H,7-8H2,1-2H3,(H,15,18). The zero-order chi connectivity index (χ0) is 16.3. The normalized spacial score (nSPS) is 14.3. The number of nitrogens with one attached hydrogen (secondary N) is 1. The Morgan fingerprint density at radius 2 is 1.95 bits per heavy atom. The minimum Gasteiger partial charge on any atom is -0.465 e. The van der Waals surface area contributed by atoms with Crippen LogP contribution in [0.4, 0.5) is 10.5 Å². The topological polar surface area (TPSA) is 96.0 Å². The molecule has 0 saturated carbocycles. The molecule has 0 atom stereocenters. The van der Waals surface area contributed by atoms with E-state index in [1.165, 1.54) is 31.2 Å². The van der Waals surface area contributed by atoms with Crippen LogP contribution in [-0.4, -0.2) is 60.9 Å². The van der Waals surface area contributed by atoms with Gasteiger partial charge in [-0.1, -0.05) is 12.1 Å². The van der Waals surface area contributed by atoms with Gasteiger partial charge in [0.05, 0.1) is 18.4 Å². The van der Waals surface area contributed by atoms with Gasteiger partial charge in [-0.05, 0) is 12.1 Å². The minimum atomic E-state index is -0.594. The number of likely N-dealkylation sites (N-methyl/N-ethyl adjacent to an activating group) is 1. The molecule has 22 heavy (non-hydrogen) atoms. The van der Waals surface area contributed by atoms with E-state index in [2.05, 4.69) is 10.1 Å². The van der Waals surface area contributed by atoms with Crippen LogP contribution >= 0.6 is 0 Å². The second-order valence-electron chi connectivity index (χ2n) is 4.70. The van der Waals surface area contributed by atoms with Crippen molar-refractivity contribution in [3.8, 4) is 0 Å². The Balaban J connectivity index is 2.09. The van der Waals surface area contributed by atoms with Crippen molar-refractivity contribution in [2.75, 3.05) is 32.6 Å². The van der Waals surface area contributed by atoms with Crippen molar-refractivity contribution in [1.82, 2.24) is 9.80 Å².